The number of hydrogen-bond donors (Lipinski definition) is 1. The average Bonchev–Trinajstić information content (AvgIpc) is 2.75. The van der Waals surface area contributed by atoms with Gasteiger partial charge in [0.1, 0.15) is 5.82 Å². The molecule has 3 rings (SSSR count). The molecule has 2 aromatic rings. The third-order valence-corrected chi connectivity index (χ3v) is 6.62. The summed E-state index contributed by atoms with van der Waals surface area (Å²) in [5.41, 5.74) is 0.192. The van der Waals surface area contributed by atoms with Crippen molar-refractivity contribution in [3.63, 3.8) is 0 Å². The summed E-state index contributed by atoms with van der Waals surface area (Å²) in [5.74, 6) is -0.530. The first-order chi connectivity index (χ1) is 13.9. The fourth-order valence-corrected chi connectivity index (χ4v) is 4.69. The Labute approximate surface area is 169 Å². The summed E-state index contributed by atoms with van der Waals surface area (Å²) in [6.07, 6.45) is 2.42. The topological polar surface area (TPSA) is 106 Å². The second-order valence-electron chi connectivity index (χ2n) is 6.63. The Morgan fingerprint density at radius 1 is 1.17 bits per heavy atom. The van der Waals surface area contributed by atoms with E-state index in [1.54, 1.807) is 31.3 Å². The van der Waals surface area contributed by atoms with Crippen molar-refractivity contribution in [2.45, 2.75) is 24.7 Å². The van der Waals surface area contributed by atoms with Gasteiger partial charge in [0, 0.05) is 25.2 Å². The number of hydrogen-bond acceptors (Lipinski definition) is 6. The molecule has 1 aliphatic heterocycles. The molecular formula is C20H23N3O5S. The van der Waals surface area contributed by atoms with E-state index in [-0.39, 0.29) is 42.0 Å². The van der Waals surface area contributed by atoms with Crippen LogP contribution in [-0.2, 0) is 19.6 Å². The van der Waals surface area contributed by atoms with E-state index < -0.39 is 16.0 Å². The van der Waals surface area contributed by atoms with Crippen molar-refractivity contribution in [2.24, 2.45) is 5.92 Å². The lowest BCUT2D eigenvalue weighted by Crippen LogP contribution is -2.41. The van der Waals surface area contributed by atoms with Crippen molar-refractivity contribution in [3.05, 3.63) is 54.2 Å². The van der Waals surface area contributed by atoms with E-state index in [0.29, 0.717) is 18.7 Å². The molecule has 0 spiro atoms. The molecule has 0 radical (unpaired) electrons. The molecule has 1 aromatic heterocycles. The zero-order valence-electron chi connectivity index (χ0n) is 16.1. The lowest BCUT2D eigenvalue weighted by molar-refractivity contribution is -0.120. The normalized spacial score (nSPS) is 15.6. The van der Waals surface area contributed by atoms with Crippen LogP contribution in [0, 0.1) is 5.92 Å². The molecule has 154 valence electrons. The van der Waals surface area contributed by atoms with Crippen LogP contribution < -0.4 is 5.32 Å². The van der Waals surface area contributed by atoms with Crippen LogP contribution in [0.15, 0.2) is 53.6 Å². The molecule has 8 nitrogen and oxygen atoms in total. The lowest BCUT2D eigenvalue weighted by Gasteiger charge is -2.30. The predicted molar refractivity (Wildman–Crippen MR) is 107 cm³/mol. The Hall–Kier alpha value is -2.78. The maximum atomic E-state index is 13.0. The summed E-state index contributed by atoms with van der Waals surface area (Å²) in [5, 5.41) is 2.76. The van der Waals surface area contributed by atoms with Crippen molar-refractivity contribution in [2.75, 3.05) is 25.0 Å². The number of amides is 1. The van der Waals surface area contributed by atoms with E-state index in [2.05, 4.69) is 10.3 Å². The summed E-state index contributed by atoms with van der Waals surface area (Å²) in [7, 11) is -3.76. The number of rotatable bonds is 6. The minimum absolute atomic E-state index is 0.0411. The molecule has 0 aliphatic carbocycles. The first-order valence-corrected chi connectivity index (χ1v) is 10.8. The summed E-state index contributed by atoms with van der Waals surface area (Å²) in [6, 6.07) is 11.1. The summed E-state index contributed by atoms with van der Waals surface area (Å²) < 4.78 is 32.2. The van der Waals surface area contributed by atoms with Gasteiger partial charge in [0.05, 0.1) is 17.1 Å². The maximum Gasteiger partial charge on any atom is 0.338 e. The second-order valence-corrected chi connectivity index (χ2v) is 8.57. The highest BCUT2D eigenvalue weighted by atomic mass is 32.2. The van der Waals surface area contributed by atoms with Crippen LogP contribution >= 0.6 is 0 Å². The van der Waals surface area contributed by atoms with Gasteiger partial charge in [0.15, 0.2) is 0 Å². The van der Waals surface area contributed by atoms with Crippen molar-refractivity contribution in [3.8, 4) is 0 Å². The van der Waals surface area contributed by atoms with Gasteiger partial charge in [-0.15, -0.1) is 0 Å². The molecule has 1 fully saturated rings. The van der Waals surface area contributed by atoms with Gasteiger partial charge in [0.2, 0.25) is 15.9 Å². The molecule has 2 heterocycles. The number of aromatic nitrogens is 1. The molecule has 0 unspecified atom stereocenters. The highest BCUT2D eigenvalue weighted by Crippen LogP contribution is 2.25. The van der Waals surface area contributed by atoms with Gasteiger partial charge in [-0.05, 0) is 50.1 Å². The fraction of sp³-hybridized carbons (Fsp3) is 0.350. The number of esters is 1. The Balaban J connectivity index is 1.64. The van der Waals surface area contributed by atoms with Gasteiger partial charge in [0.25, 0.3) is 0 Å². The van der Waals surface area contributed by atoms with Gasteiger partial charge < -0.3 is 10.1 Å². The number of anilines is 1. The van der Waals surface area contributed by atoms with Crippen LogP contribution in [0.1, 0.15) is 30.1 Å². The number of ether oxygens (including phenoxy) is 1. The third-order valence-electron chi connectivity index (χ3n) is 4.72. The van der Waals surface area contributed by atoms with Crippen LogP contribution in [-0.4, -0.2) is 49.3 Å². The van der Waals surface area contributed by atoms with Crippen LogP contribution in [0.4, 0.5) is 5.82 Å². The van der Waals surface area contributed by atoms with E-state index in [1.807, 2.05) is 0 Å². The molecule has 1 N–H and O–H groups in total. The molecule has 29 heavy (non-hydrogen) atoms. The van der Waals surface area contributed by atoms with Crippen molar-refractivity contribution in [1.29, 1.82) is 0 Å². The van der Waals surface area contributed by atoms with Crippen LogP contribution in [0.5, 0.6) is 0 Å². The first-order valence-electron chi connectivity index (χ1n) is 9.41. The molecule has 1 amide bonds. The maximum absolute atomic E-state index is 13.0. The zero-order chi connectivity index (χ0) is 20.9. The van der Waals surface area contributed by atoms with Crippen molar-refractivity contribution < 1.29 is 22.7 Å². The number of sulfonamides is 1. The van der Waals surface area contributed by atoms with E-state index in [1.165, 1.54) is 28.6 Å². The van der Waals surface area contributed by atoms with Gasteiger partial charge >= 0.3 is 5.97 Å². The van der Waals surface area contributed by atoms with E-state index in [0.717, 1.165) is 0 Å². The summed E-state index contributed by atoms with van der Waals surface area (Å²) >= 11 is 0. The molecule has 1 saturated heterocycles. The predicted octanol–water partition coefficient (Wildman–Crippen LogP) is 2.30. The lowest BCUT2D eigenvalue weighted by atomic mass is 9.97. The van der Waals surface area contributed by atoms with E-state index >= 15 is 0 Å². The molecule has 1 aliphatic rings. The molecule has 0 bridgehead atoms. The Morgan fingerprint density at radius 3 is 2.59 bits per heavy atom. The summed E-state index contributed by atoms with van der Waals surface area (Å²) in [6.45, 7) is 2.36. The largest absolute Gasteiger partial charge is 0.462 e. The van der Waals surface area contributed by atoms with Crippen molar-refractivity contribution >= 4 is 27.7 Å². The number of carbonyl (C=O) groups excluding carboxylic acids is 2. The summed E-state index contributed by atoms with van der Waals surface area (Å²) in [4.78, 5) is 28.4. The minimum atomic E-state index is -3.76. The molecule has 0 saturated carbocycles. The average molecular weight is 417 g/mol. The zero-order valence-corrected chi connectivity index (χ0v) is 16.9. The molecule has 0 atom stereocenters. The number of benzene rings is 1. The van der Waals surface area contributed by atoms with Gasteiger partial charge in [-0.2, -0.15) is 4.31 Å². The minimum Gasteiger partial charge on any atom is -0.462 e. The Kier molecular flexibility index (Phi) is 6.60. The SMILES string of the molecule is CCOC(=O)c1cccc(S(=O)(=O)N2CCC(C(=O)Nc3ccccn3)CC2)c1. The quantitative estimate of drug-likeness (QED) is 0.723. The van der Waals surface area contributed by atoms with Crippen LogP contribution in [0.25, 0.3) is 0 Å². The van der Waals surface area contributed by atoms with Crippen LogP contribution in [0.3, 0.4) is 0 Å². The smallest absolute Gasteiger partial charge is 0.338 e. The molecule has 1 aromatic carbocycles. The third kappa shape index (κ3) is 4.99. The molecule has 9 heteroatoms. The highest BCUT2D eigenvalue weighted by Gasteiger charge is 2.32. The van der Waals surface area contributed by atoms with Gasteiger partial charge in [-0.25, -0.2) is 18.2 Å². The number of nitrogens with zero attached hydrogens (tertiary/aromatic N) is 2. The van der Waals surface area contributed by atoms with E-state index in [9.17, 15) is 18.0 Å². The van der Waals surface area contributed by atoms with Gasteiger partial charge in [-0.1, -0.05) is 12.1 Å². The van der Waals surface area contributed by atoms with Crippen LogP contribution in [0.2, 0.25) is 0 Å². The monoisotopic (exact) mass is 417 g/mol. The molecular weight excluding hydrogens is 394 g/mol. The number of nitrogens with one attached hydrogen (secondary N) is 1. The van der Waals surface area contributed by atoms with Crippen molar-refractivity contribution in [1.82, 2.24) is 9.29 Å². The van der Waals surface area contributed by atoms with E-state index in [4.69, 9.17) is 4.74 Å². The van der Waals surface area contributed by atoms with Gasteiger partial charge in [-0.3, -0.25) is 4.79 Å². The fourth-order valence-electron chi connectivity index (χ4n) is 3.17. The standard InChI is InChI=1S/C20H23N3O5S/c1-2-28-20(25)16-6-5-7-17(14-16)29(26,27)23-12-9-15(10-13-23)19(24)22-18-8-3-4-11-21-18/h3-8,11,14-15H,2,9-10,12-13H2,1H3,(H,21,22,24). The second kappa shape index (κ2) is 9.15. The number of piperidine rings is 1. The first kappa shape index (κ1) is 20.9. The highest BCUT2D eigenvalue weighted by molar-refractivity contribution is 7.89. The number of pyridine rings is 1. The Bertz CT molecular complexity index is 971. The Morgan fingerprint density at radius 2 is 1.93 bits per heavy atom. The number of carbonyl (C=O) groups is 2.